The Kier molecular flexibility index (Phi) is 4.15. The summed E-state index contributed by atoms with van der Waals surface area (Å²) in [5.41, 5.74) is 3.83. The zero-order chi connectivity index (χ0) is 9.68. The van der Waals surface area contributed by atoms with E-state index in [1.54, 1.807) is 12.4 Å². The van der Waals surface area contributed by atoms with Gasteiger partial charge < -0.3 is 0 Å². The maximum Gasteiger partial charge on any atom is 0.0621 e. The van der Waals surface area contributed by atoms with Crippen LogP contribution < -0.4 is 11.3 Å². The quantitative estimate of drug-likeness (QED) is 0.571. The van der Waals surface area contributed by atoms with E-state index in [4.69, 9.17) is 17.4 Å². The first kappa shape index (κ1) is 10.4. The standard InChI is InChI=1S/C9H14ClN3/c1-2-8(13-11)5-7-3-4-12-6-9(7)10/h3-4,6,8,13H,2,5,11H2,1H3. The number of aromatic nitrogens is 1. The molecule has 1 heterocycles. The van der Waals surface area contributed by atoms with Crippen LogP contribution in [0, 0.1) is 0 Å². The Hall–Kier alpha value is -0.640. The van der Waals surface area contributed by atoms with Crippen molar-refractivity contribution < 1.29 is 0 Å². The summed E-state index contributed by atoms with van der Waals surface area (Å²) in [6, 6.07) is 2.20. The summed E-state index contributed by atoms with van der Waals surface area (Å²) >= 11 is 5.95. The fraction of sp³-hybridized carbons (Fsp3) is 0.444. The molecule has 1 atom stereocenters. The molecule has 0 saturated heterocycles. The van der Waals surface area contributed by atoms with Gasteiger partial charge in [-0.25, -0.2) is 0 Å². The van der Waals surface area contributed by atoms with Crippen molar-refractivity contribution in [2.45, 2.75) is 25.8 Å². The monoisotopic (exact) mass is 199 g/mol. The molecule has 1 aromatic rings. The van der Waals surface area contributed by atoms with Crippen LogP contribution in [0.1, 0.15) is 18.9 Å². The Balaban J connectivity index is 2.67. The van der Waals surface area contributed by atoms with Crippen LogP contribution in [0.4, 0.5) is 0 Å². The maximum atomic E-state index is 5.95. The Labute approximate surface area is 83.3 Å². The lowest BCUT2D eigenvalue weighted by Crippen LogP contribution is -2.36. The number of pyridine rings is 1. The number of hydrazine groups is 1. The van der Waals surface area contributed by atoms with E-state index in [9.17, 15) is 0 Å². The van der Waals surface area contributed by atoms with Gasteiger partial charge in [0.1, 0.15) is 0 Å². The van der Waals surface area contributed by atoms with E-state index < -0.39 is 0 Å². The van der Waals surface area contributed by atoms with Crippen LogP contribution in [0.25, 0.3) is 0 Å². The Morgan fingerprint density at radius 2 is 2.46 bits per heavy atom. The van der Waals surface area contributed by atoms with Gasteiger partial charge in [-0.3, -0.25) is 16.3 Å². The Bertz CT molecular complexity index is 261. The molecule has 0 bridgehead atoms. The van der Waals surface area contributed by atoms with Crippen molar-refractivity contribution in [3.8, 4) is 0 Å². The number of hydrogen-bond acceptors (Lipinski definition) is 3. The van der Waals surface area contributed by atoms with Gasteiger partial charge in [-0.1, -0.05) is 18.5 Å². The zero-order valence-corrected chi connectivity index (χ0v) is 8.38. The van der Waals surface area contributed by atoms with Gasteiger partial charge in [-0.2, -0.15) is 0 Å². The minimum absolute atomic E-state index is 0.278. The molecular formula is C9H14ClN3. The highest BCUT2D eigenvalue weighted by molar-refractivity contribution is 6.31. The molecule has 0 fully saturated rings. The Morgan fingerprint density at radius 1 is 1.69 bits per heavy atom. The predicted molar refractivity (Wildman–Crippen MR) is 54.4 cm³/mol. The van der Waals surface area contributed by atoms with E-state index in [1.807, 2.05) is 6.07 Å². The molecule has 1 aromatic heterocycles. The van der Waals surface area contributed by atoms with Crippen molar-refractivity contribution in [3.63, 3.8) is 0 Å². The van der Waals surface area contributed by atoms with Gasteiger partial charge in [0.2, 0.25) is 0 Å². The molecule has 72 valence electrons. The highest BCUT2D eigenvalue weighted by atomic mass is 35.5. The van der Waals surface area contributed by atoms with E-state index >= 15 is 0 Å². The van der Waals surface area contributed by atoms with E-state index in [1.165, 1.54) is 0 Å². The van der Waals surface area contributed by atoms with Crippen LogP contribution in [0.5, 0.6) is 0 Å². The van der Waals surface area contributed by atoms with Gasteiger partial charge in [0.05, 0.1) is 5.02 Å². The molecule has 0 saturated carbocycles. The summed E-state index contributed by atoms with van der Waals surface area (Å²) in [4.78, 5) is 3.92. The average Bonchev–Trinajstić information content (AvgIpc) is 2.17. The summed E-state index contributed by atoms with van der Waals surface area (Å²) in [6.07, 6.45) is 5.22. The SMILES string of the molecule is CCC(Cc1ccncc1Cl)NN. The van der Waals surface area contributed by atoms with E-state index in [0.717, 1.165) is 18.4 Å². The molecule has 3 N–H and O–H groups in total. The normalized spacial score (nSPS) is 12.8. The van der Waals surface area contributed by atoms with Crippen molar-refractivity contribution >= 4 is 11.6 Å². The molecule has 0 aliphatic rings. The third kappa shape index (κ3) is 2.95. The van der Waals surface area contributed by atoms with E-state index in [0.29, 0.717) is 5.02 Å². The molecule has 0 aliphatic carbocycles. The number of nitrogens with one attached hydrogen (secondary N) is 1. The lowest BCUT2D eigenvalue weighted by Gasteiger charge is -2.13. The molecule has 0 radical (unpaired) electrons. The van der Waals surface area contributed by atoms with Crippen molar-refractivity contribution in [1.82, 2.24) is 10.4 Å². The van der Waals surface area contributed by atoms with Gasteiger partial charge in [-0.05, 0) is 24.5 Å². The number of nitrogens with zero attached hydrogens (tertiary/aromatic N) is 1. The lowest BCUT2D eigenvalue weighted by atomic mass is 10.1. The van der Waals surface area contributed by atoms with Gasteiger partial charge in [-0.15, -0.1) is 0 Å². The van der Waals surface area contributed by atoms with Gasteiger partial charge in [0, 0.05) is 18.4 Å². The number of halogens is 1. The average molecular weight is 200 g/mol. The third-order valence-electron chi connectivity index (χ3n) is 2.05. The van der Waals surface area contributed by atoms with Crippen molar-refractivity contribution in [2.24, 2.45) is 5.84 Å². The second-order valence-electron chi connectivity index (χ2n) is 2.94. The summed E-state index contributed by atoms with van der Waals surface area (Å²) in [5.74, 6) is 5.37. The molecular weight excluding hydrogens is 186 g/mol. The number of rotatable bonds is 4. The van der Waals surface area contributed by atoms with Crippen LogP contribution in [0.3, 0.4) is 0 Å². The summed E-state index contributed by atoms with van der Waals surface area (Å²) in [6.45, 7) is 2.08. The molecule has 4 heteroatoms. The number of hydrogen-bond donors (Lipinski definition) is 2. The molecule has 0 amide bonds. The predicted octanol–water partition coefficient (Wildman–Crippen LogP) is 1.52. The van der Waals surface area contributed by atoms with Crippen molar-refractivity contribution in [3.05, 3.63) is 29.0 Å². The van der Waals surface area contributed by atoms with Crippen molar-refractivity contribution in [2.75, 3.05) is 0 Å². The molecule has 0 spiro atoms. The molecule has 1 rings (SSSR count). The largest absolute Gasteiger partial charge is 0.271 e. The summed E-state index contributed by atoms with van der Waals surface area (Å²) in [5, 5.41) is 0.705. The minimum Gasteiger partial charge on any atom is -0.271 e. The summed E-state index contributed by atoms with van der Waals surface area (Å²) < 4.78 is 0. The second-order valence-corrected chi connectivity index (χ2v) is 3.35. The first-order chi connectivity index (χ1) is 6.27. The summed E-state index contributed by atoms with van der Waals surface area (Å²) in [7, 11) is 0. The molecule has 0 aromatic carbocycles. The first-order valence-corrected chi connectivity index (χ1v) is 4.70. The van der Waals surface area contributed by atoms with Gasteiger partial charge in [0.15, 0.2) is 0 Å². The second kappa shape index (κ2) is 5.17. The Morgan fingerprint density at radius 3 is 3.00 bits per heavy atom. The smallest absolute Gasteiger partial charge is 0.0621 e. The van der Waals surface area contributed by atoms with Crippen molar-refractivity contribution in [1.29, 1.82) is 0 Å². The molecule has 0 aliphatic heterocycles. The molecule has 13 heavy (non-hydrogen) atoms. The maximum absolute atomic E-state index is 5.95. The van der Waals surface area contributed by atoms with Crippen LogP contribution in [-0.4, -0.2) is 11.0 Å². The van der Waals surface area contributed by atoms with Crippen LogP contribution >= 0.6 is 11.6 Å². The third-order valence-corrected chi connectivity index (χ3v) is 2.39. The van der Waals surface area contributed by atoms with Gasteiger partial charge >= 0.3 is 0 Å². The molecule has 1 unspecified atom stereocenters. The highest BCUT2D eigenvalue weighted by Crippen LogP contribution is 2.15. The van der Waals surface area contributed by atoms with Crippen LogP contribution in [0.15, 0.2) is 18.5 Å². The van der Waals surface area contributed by atoms with Crippen LogP contribution in [0.2, 0.25) is 5.02 Å². The topological polar surface area (TPSA) is 50.9 Å². The van der Waals surface area contributed by atoms with Crippen LogP contribution in [-0.2, 0) is 6.42 Å². The minimum atomic E-state index is 0.278. The van der Waals surface area contributed by atoms with Gasteiger partial charge in [0.25, 0.3) is 0 Å². The molecule has 3 nitrogen and oxygen atoms in total. The number of nitrogens with two attached hydrogens (primary N) is 1. The van der Waals surface area contributed by atoms with E-state index in [-0.39, 0.29) is 6.04 Å². The zero-order valence-electron chi connectivity index (χ0n) is 7.63. The fourth-order valence-corrected chi connectivity index (χ4v) is 1.35. The van der Waals surface area contributed by atoms with E-state index in [2.05, 4.69) is 17.3 Å². The fourth-order valence-electron chi connectivity index (χ4n) is 1.16. The highest BCUT2D eigenvalue weighted by Gasteiger charge is 2.07. The lowest BCUT2D eigenvalue weighted by molar-refractivity contribution is 0.511. The first-order valence-electron chi connectivity index (χ1n) is 4.32.